The number of piperidine rings is 1. The van der Waals surface area contributed by atoms with Gasteiger partial charge < -0.3 is 19.7 Å². The van der Waals surface area contributed by atoms with Gasteiger partial charge in [-0.1, -0.05) is 12.1 Å². The molecule has 0 spiro atoms. The van der Waals surface area contributed by atoms with E-state index in [1.54, 1.807) is 7.11 Å². The van der Waals surface area contributed by atoms with Gasteiger partial charge in [0.2, 0.25) is 0 Å². The van der Waals surface area contributed by atoms with E-state index in [4.69, 9.17) is 14.5 Å². The van der Waals surface area contributed by atoms with Gasteiger partial charge in [-0.05, 0) is 44.4 Å². The predicted molar refractivity (Wildman–Crippen MR) is 94.0 cm³/mol. The van der Waals surface area contributed by atoms with Gasteiger partial charge in [0.15, 0.2) is 5.96 Å². The Labute approximate surface area is 139 Å². The van der Waals surface area contributed by atoms with Crippen molar-refractivity contribution in [2.24, 2.45) is 4.99 Å². The maximum Gasteiger partial charge on any atom is 0.194 e. The lowest BCUT2D eigenvalue weighted by Crippen LogP contribution is -2.47. The highest BCUT2D eigenvalue weighted by Gasteiger charge is 2.21. The zero-order valence-electron chi connectivity index (χ0n) is 14.5. The fourth-order valence-electron chi connectivity index (χ4n) is 2.79. The Bertz CT molecular complexity index is 480. The average Bonchev–Trinajstić information content (AvgIpc) is 2.60. The van der Waals surface area contributed by atoms with E-state index >= 15 is 0 Å². The van der Waals surface area contributed by atoms with Crippen LogP contribution in [0.25, 0.3) is 0 Å². The molecule has 1 aromatic carbocycles. The smallest absolute Gasteiger partial charge is 0.194 e. The second-order valence-corrected chi connectivity index (χ2v) is 5.66. The van der Waals surface area contributed by atoms with Crippen molar-refractivity contribution < 1.29 is 9.47 Å². The Balaban J connectivity index is 1.94. The number of nitrogens with zero attached hydrogens (tertiary/aromatic N) is 2. The third-order valence-corrected chi connectivity index (χ3v) is 4.05. The van der Waals surface area contributed by atoms with Crippen molar-refractivity contribution in [3.05, 3.63) is 29.8 Å². The SMILES string of the molecule is CCNC(=NCc1ccc(OC)cc1)N1CCC(OCC)CC1. The zero-order chi connectivity index (χ0) is 16.5. The molecule has 1 heterocycles. The summed E-state index contributed by atoms with van der Waals surface area (Å²) in [5, 5.41) is 3.40. The number of guanidine groups is 1. The van der Waals surface area contributed by atoms with Crippen LogP contribution in [0.3, 0.4) is 0 Å². The number of ether oxygens (including phenoxy) is 2. The third kappa shape index (κ3) is 5.43. The molecule has 0 aromatic heterocycles. The molecule has 1 saturated heterocycles. The highest BCUT2D eigenvalue weighted by molar-refractivity contribution is 5.80. The Morgan fingerprint density at radius 1 is 1.22 bits per heavy atom. The van der Waals surface area contributed by atoms with Gasteiger partial charge >= 0.3 is 0 Å². The molecule has 0 atom stereocenters. The summed E-state index contributed by atoms with van der Waals surface area (Å²) < 4.78 is 10.9. The lowest BCUT2D eigenvalue weighted by atomic mass is 10.1. The summed E-state index contributed by atoms with van der Waals surface area (Å²) in [7, 11) is 1.68. The predicted octanol–water partition coefficient (Wildman–Crippen LogP) is 2.66. The van der Waals surface area contributed by atoms with Gasteiger partial charge in [0.05, 0.1) is 19.8 Å². The number of likely N-dealkylation sites (tertiary alicyclic amines) is 1. The molecule has 0 bridgehead atoms. The second kappa shape index (κ2) is 9.40. The number of aliphatic imine (C=N–C) groups is 1. The quantitative estimate of drug-likeness (QED) is 0.647. The van der Waals surface area contributed by atoms with Gasteiger partial charge in [0.25, 0.3) is 0 Å². The summed E-state index contributed by atoms with van der Waals surface area (Å²) in [4.78, 5) is 7.12. The van der Waals surface area contributed by atoms with Crippen LogP contribution in [0.15, 0.2) is 29.3 Å². The van der Waals surface area contributed by atoms with E-state index < -0.39 is 0 Å². The molecule has 1 N–H and O–H groups in total. The molecular formula is C18H29N3O2. The van der Waals surface area contributed by atoms with Crippen LogP contribution in [0.4, 0.5) is 0 Å². The van der Waals surface area contributed by atoms with Crippen molar-refractivity contribution in [1.29, 1.82) is 0 Å². The molecule has 1 aliphatic rings. The molecule has 0 amide bonds. The van der Waals surface area contributed by atoms with E-state index in [9.17, 15) is 0 Å². The normalized spacial score (nSPS) is 16.5. The Kier molecular flexibility index (Phi) is 7.20. The van der Waals surface area contributed by atoms with Gasteiger partial charge in [-0.3, -0.25) is 0 Å². The monoisotopic (exact) mass is 319 g/mol. The first-order chi connectivity index (χ1) is 11.3. The molecule has 5 heteroatoms. The molecule has 0 unspecified atom stereocenters. The highest BCUT2D eigenvalue weighted by Crippen LogP contribution is 2.15. The first kappa shape index (κ1) is 17.6. The second-order valence-electron chi connectivity index (χ2n) is 5.66. The fraction of sp³-hybridized carbons (Fsp3) is 0.611. The van der Waals surface area contributed by atoms with Crippen LogP contribution in [0.2, 0.25) is 0 Å². The zero-order valence-corrected chi connectivity index (χ0v) is 14.5. The van der Waals surface area contributed by atoms with Gasteiger partial charge in [-0.2, -0.15) is 0 Å². The molecule has 23 heavy (non-hydrogen) atoms. The summed E-state index contributed by atoms with van der Waals surface area (Å²) in [6.07, 6.45) is 2.54. The molecule has 0 saturated carbocycles. The van der Waals surface area contributed by atoms with E-state index in [2.05, 4.69) is 36.2 Å². The standard InChI is InChI=1S/C18H29N3O2/c1-4-19-18(21-12-10-17(11-13-21)23-5-2)20-14-15-6-8-16(22-3)9-7-15/h6-9,17H,4-5,10-14H2,1-3H3,(H,19,20). The number of nitrogens with one attached hydrogen (secondary N) is 1. The number of methoxy groups -OCH3 is 1. The lowest BCUT2D eigenvalue weighted by Gasteiger charge is -2.34. The Morgan fingerprint density at radius 3 is 2.48 bits per heavy atom. The van der Waals surface area contributed by atoms with Gasteiger partial charge in [-0.15, -0.1) is 0 Å². The van der Waals surface area contributed by atoms with Crippen LogP contribution in [-0.4, -0.2) is 50.3 Å². The Hall–Kier alpha value is -1.75. The van der Waals surface area contributed by atoms with Crippen LogP contribution < -0.4 is 10.1 Å². The van der Waals surface area contributed by atoms with Crippen LogP contribution >= 0.6 is 0 Å². The first-order valence-electron chi connectivity index (χ1n) is 8.54. The molecule has 0 aliphatic carbocycles. The van der Waals surface area contributed by atoms with Gasteiger partial charge in [0.1, 0.15) is 5.75 Å². The molecular weight excluding hydrogens is 290 g/mol. The third-order valence-electron chi connectivity index (χ3n) is 4.05. The maximum atomic E-state index is 5.72. The van der Waals surface area contributed by atoms with Crippen molar-refractivity contribution >= 4 is 5.96 Å². The lowest BCUT2D eigenvalue weighted by molar-refractivity contribution is 0.0263. The van der Waals surface area contributed by atoms with Crippen LogP contribution in [0, 0.1) is 0 Å². The van der Waals surface area contributed by atoms with Crippen LogP contribution in [-0.2, 0) is 11.3 Å². The van der Waals surface area contributed by atoms with Crippen molar-refractivity contribution in [3.8, 4) is 5.75 Å². The number of hydrogen-bond acceptors (Lipinski definition) is 3. The summed E-state index contributed by atoms with van der Waals surface area (Å²) in [6, 6.07) is 8.08. The van der Waals surface area contributed by atoms with Crippen molar-refractivity contribution in [2.75, 3.05) is 33.4 Å². The summed E-state index contributed by atoms with van der Waals surface area (Å²) in [5.41, 5.74) is 1.19. The highest BCUT2D eigenvalue weighted by atomic mass is 16.5. The van der Waals surface area contributed by atoms with Crippen molar-refractivity contribution in [2.45, 2.75) is 39.3 Å². The van der Waals surface area contributed by atoms with E-state index in [1.807, 2.05) is 12.1 Å². The Morgan fingerprint density at radius 2 is 1.91 bits per heavy atom. The van der Waals surface area contributed by atoms with E-state index in [1.165, 1.54) is 5.56 Å². The average molecular weight is 319 g/mol. The molecule has 128 valence electrons. The summed E-state index contributed by atoms with van der Waals surface area (Å²) in [6.45, 7) is 8.53. The molecule has 1 aromatic rings. The molecule has 1 aliphatic heterocycles. The summed E-state index contributed by atoms with van der Waals surface area (Å²) >= 11 is 0. The van der Waals surface area contributed by atoms with Crippen molar-refractivity contribution in [1.82, 2.24) is 10.2 Å². The molecule has 0 radical (unpaired) electrons. The van der Waals surface area contributed by atoms with Crippen molar-refractivity contribution in [3.63, 3.8) is 0 Å². The maximum absolute atomic E-state index is 5.72. The topological polar surface area (TPSA) is 46.1 Å². The van der Waals surface area contributed by atoms with E-state index in [-0.39, 0.29) is 0 Å². The van der Waals surface area contributed by atoms with Gasteiger partial charge in [-0.25, -0.2) is 4.99 Å². The summed E-state index contributed by atoms with van der Waals surface area (Å²) in [5.74, 6) is 1.88. The number of benzene rings is 1. The fourth-order valence-corrected chi connectivity index (χ4v) is 2.79. The van der Waals surface area contributed by atoms with Crippen LogP contribution in [0.1, 0.15) is 32.3 Å². The minimum absolute atomic E-state index is 0.403. The minimum Gasteiger partial charge on any atom is -0.497 e. The first-order valence-corrected chi connectivity index (χ1v) is 8.54. The van der Waals surface area contributed by atoms with E-state index in [0.29, 0.717) is 12.6 Å². The molecule has 2 rings (SSSR count). The number of hydrogen-bond donors (Lipinski definition) is 1. The minimum atomic E-state index is 0.403. The van der Waals surface area contributed by atoms with Gasteiger partial charge in [0, 0.05) is 26.2 Å². The largest absolute Gasteiger partial charge is 0.497 e. The number of rotatable bonds is 6. The molecule has 1 fully saturated rings. The van der Waals surface area contributed by atoms with E-state index in [0.717, 1.165) is 50.8 Å². The molecule has 5 nitrogen and oxygen atoms in total. The van der Waals surface area contributed by atoms with Crippen LogP contribution in [0.5, 0.6) is 5.75 Å².